The number of halogens is 1. The van der Waals surface area contributed by atoms with Gasteiger partial charge in [0.2, 0.25) is 0 Å². The van der Waals surface area contributed by atoms with Crippen molar-refractivity contribution < 1.29 is 4.42 Å². The lowest BCUT2D eigenvalue weighted by Crippen LogP contribution is -2.22. The molecule has 0 amide bonds. The highest BCUT2D eigenvalue weighted by Crippen LogP contribution is 2.23. The molecule has 0 aliphatic heterocycles. The second kappa shape index (κ2) is 6.07. The lowest BCUT2D eigenvalue weighted by Gasteiger charge is -2.15. The van der Waals surface area contributed by atoms with Gasteiger partial charge in [0.05, 0.1) is 6.04 Å². The number of aryl methyl sites for hydroxylation is 1. The van der Waals surface area contributed by atoms with Gasteiger partial charge < -0.3 is 9.73 Å². The first kappa shape index (κ1) is 13.2. The summed E-state index contributed by atoms with van der Waals surface area (Å²) in [4.78, 5) is 0. The Morgan fingerprint density at radius 1 is 1.28 bits per heavy atom. The summed E-state index contributed by atoms with van der Waals surface area (Å²) >= 11 is 5.84. The molecule has 0 spiro atoms. The number of likely N-dealkylation sites (N-methyl/N-ethyl adjacent to an activating group) is 1. The van der Waals surface area contributed by atoms with E-state index in [1.807, 2.05) is 6.07 Å². The van der Waals surface area contributed by atoms with Crippen LogP contribution in [0.2, 0.25) is 5.22 Å². The van der Waals surface area contributed by atoms with Crippen LogP contribution in [0.1, 0.15) is 29.9 Å². The van der Waals surface area contributed by atoms with Crippen LogP contribution in [0.4, 0.5) is 0 Å². The predicted molar refractivity (Wildman–Crippen MR) is 75.0 cm³/mol. The average Bonchev–Trinajstić information content (AvgIpc) is 2.75. The van der Waals surface area contributed by atoms with Crippen molar-refractivity contribution in [1.82, 2.24) is 5.32 Å². The molecule has 0 saturated heterocycles. The van der Waals surface area contributed by atoms with Gasteiger partial charge in [0.15, 0.2) is 5.22 Å². The summed E-state index contributed by atoms with van der Waals surface area (Å²) in [7, 11) is 0. The molecular formula is C15H18ClNO. The van der Waals surface area contributed by atoms with Gasteiger partial charge in [-0.3, -0.25) is 0 Å². The van der Waals surface area contributed by atoms with Gasteiger partial charge in [-0.15, -0.1) is 0 Å². The maximum atomic E-state index is 5.84. The molecule has 0 aliphatic carbocycles. The molecule has 1 heterocycles. The largest absolute Gasteiger partial charge is 0.448 e. The molecule has 18 heavy (non-hydrogen) atoms. The van der Waals surface area contributed by atoms with E-state index in [1.165, 1.54) is 11.1 Å². The summed E-state index contributed by atoms with van der Waals surface area (Å²) in [5, 5.41) is 3.87. The molecule has 2 rings (SSSR count). The molecule has 1 unspecified atom stereocenters. The highest BCUT2D eigenvalue weighted by molar-refractivity contribution is 6.28. The van der Waals surface area contributed by atoms with E-state index in [0.29, 0.717) is 5.22 Å². The van der Waals surface area contributed by atoms with Gasteiger partial charge in [0.25, 0.3) is 0 Å². The quantitative estimate of drug-likeness (QED) is 0.877. The van der Waals surface area contributed by atoms with Crippen LogP contribution in [0.5, 0.6) is 0 Å². The molecule has 0 saturated carbocycles. The van der Waals surface area contributed by atoms with E-state index in [0.717, 1.165) is 18.7 Å². The van der Waals surface area contributed by atoms with Crippen LogP contribution in [0, 0.1) is 6.92 Å². The average molecular weight is 264 g/mol. The first-order valence-electron chi connectivity index (χ1n) is 6.23. The first-order chi connectivity index (χ1) is 8.69. The highest BCUT2D eigenvalue weighted by Gasteiger charge is 2.15. The van der Waals surface area contributed by atoms with E-state index >= 15 is 0 Å². The van der Waals surface area contributed by atoms with Gasteiger partial charge in [0.1, 0.15) is 5.76 Å². The summed E-state index contributed by atoms with van der Waals surface area (Å²) in [5.41, 5.74) is 2.58. The zero-order valence-corrected chi connectivity index (χ0v) is 11.5. The van der Waals surface area contributed by atoms with Gasteiger partial charge >= 0.3 is 0 Å². The van der Waals surface area contributed by atoms with Crippen molar-refractivity contribution in [2.24, 2.45) is 0 Å². The van der Waals surface area contributed by atoms with Crippen molar-refractivity contribution in [3.8, 4) is 0 Å². The molecule has 2 nitrogen and oxygen atoms in total. The SMILES string of the molecule is CCNC(Cc1cccc(C)c1)c1ccc(Cl)o1. The zero-order valence-electron chi connectivity index (χ0n) is 10.7. The number of furan rings is 1. The van der Waals surface area contributed by atoms with E-state index in [4.69, 9.17) is 16.0 Å². The third-order valence-corrected chi connectivity index (χ3v) is 3.11. The third-order valence-electron chi connectivity index (χ3n) is 2.91. The molecule has 1 N–H and O–H groups in total. The molecule has 96 valence electrons. The van der Waals surface area contributed by atoms with Gasteiger partial charge in [0, 0.05) is 0 Å². The second-order valence-corrected chi connectivity index (χ2v) is 4.82. The van der Waals surface area contributed by atoms with Crippen molar-refractivity contribution in [2.45, 2.75) is 26.3 Å². The normalized spacial score (nSPS) is 12.6. The van der Waals surface area contributed by atoms with Crippen LogP contribution in [0.15, 0.2) is 40.8 Å². The van der Waals surface area contributed by atoms with E-state index in [9.17, 15) is 0 Å². The standard InChI is InChI=1S/C15H18ClNO/c1-3-17-13(14-7-8-15(16)18-14)10-12-6-4-5-11(2)9-12/h4-9,13,17H,3,10H2,1-2H3. The smallest absolute Gasteiger partial charge is 0.193 e. The van der Waals surface area contributed by atoms with Crippen molar-refractivity contribution in [2.75, 3.05) is 6.54 Å². The number of hydrogen-bond donors (Lipinski definition) is 1. The second-order valence-electron chi connectivity index (χ2n) is 4.45. The summed E-state index contributed by atoms with van der Waals surface area (Å²) in [6.45, 7) is 5.10. The highest BCUT2D eigenvalue weighted by atomic mass is 35.5. The molecule has 0 aliphatic rings. The Morgan fingerprint density at radius 3 is 2.72 bits per heavy atom. The fourth-order valence-electron chi connectivity index (χ4n) is 2.11. The zero-order chi connectivity index (χ0) is 13.0. The lowest BCUT2D eigenvalue weighted by molar-refractivity contribution is 0.417. The van der Waals surface area contributed by atoms with E-state index < -0.39 is 0 Å². The van der Waals surface area contributed by atoms with Crippen LogP contribution < -0.4 is 5.32 Å². The molecule has 0 radical (unpaired) electrons. The van der Waals surface area contributed by atoms with E-state index in [2.05, 4.69) is 43.4 Å². The molecule has 3 heteroatoms. The Balaban J connectivity index is 2.16. The van der Waals surface area contributed by atoms with Crippen molar-refractivity contribution in [1.29, 1.82) is 0 Å². The van der Waals surface area contributed by atoms with E-state index in [-0.39, 0.29) is 6.04 Å². The van der Waals surface area contributed by atoms with Gasteiger partial charge in [-0.05, 0) is 49.2 Å². The molecule has 0 fully saturated rings. The predicted octanol–water partition coefficient (Wildman–Crippen LogP) is 4.13. The Hall–Kier alpha value is -1.25. The molecule has 1 atom stereocenters. The summed E-state index contributed by atoms with van der Waals surface area (Å²) < 4.78 is 5.50. The summed E-state index contributed by atoms with van der Waals surface area (Å²) in [5.74, 6) is 0.892. The third kappa shape index (κ3) is 3.37. The molecule has 2 aromatic rings. The monoisotopic (exact) mass is 263 g/mol. The Kier molecular flexibility index (Phi) is 4.45. The van der Waals surface area contributed by atoms with Crippen LogP contribution in [0.25, 0.3) is 0 Å². The minimum atomic E-state index is 0.171. The van der Waals surface area contributed by atoms with Gasteiger partial charge in [-0.2, -0.15) is 0 Å². The van der Waals surface area contributed by atoms with Crippen LogP contribution in [-0.2, 0) is 6.42 Å². The van der Waals surface area contributed by atoms with Gasteiger partial charge in [-0.25, -0.2) is 0 Å². The topological polar surface area (TPSA) is 25.2 Å². The molecule has 1 aromatic heterocycles. The van der Waals surface area contributed by atoms with Crippen LogP contribution in [-0.4, -0.2) is 6.54 Å². The van der Waals surface area contributed by atoms with Crippen LogP contribution in [0.3, 0.4) is 0 Å². The minimum Gasteiger partial charge on any atom is -0.448 e. The summed E-state index contributed by atoms with van der Waals surface area (Å²) in [6, 6.07) is 12.4. The fraction of sp³-hybridized carbons (Fsp3) is 0.333. The Bertz CT molecular complexity index is 507. The Morgan fingerprint density at radius 2 is 2.11 bits per heavy atom. The summed E-state index contributed by atoms with van der Waals surface area (Å²) in [6.07, 6.45) is 0.902. The fourth-order valence-corrected chi connectivity index (χ4v) is 2.26. The number of rotatable bonds is 5. The van der Waals surface area contributed by atoms with Gasteiger partial charge in [-0.1, -0.05) is 36.8 Å². The molecule has 1 aromatic carbocycles. The lowest BCUT2D eigenvalue weighted by atomic mass is 10.0. The van der Waals surface area contributed by atoms with Crippen molar-refractivity contribution >= 4 is 11.6 Å². The minimum absolute atomic E-state index is 0.171. The maximum absolute atomic E-state index is 5.84. The number of nitrogens with one attached hydrogen (secondary N) is 1. The first-order valence-corrected chi connectivity index (χ1v) is 6.61. The van der Waals surface area contributed by atoms with Crippen LogP contribution >= 0.6 is 11.6 Å². The van der Waals surface area contributed by atoms with Crippen molar-refractivity contribution in [3.63, 3.8) is 0 Å². The van der Waals surface area contributed by atoms with Crippen molar-refractivity contribution in [3.05, 3.63) is 58.5 Å². The Labute approximate surface area is 113 Å². The van der Waals surface area contributed by atoms with E-state index in [1.54, 1.807) is 6.07 Å². The molecular weight excluding hydrogens is 246 g/mol. The molecule has 0 bridgehead atoms. The number of benzene rings is 1. The number of hydrogen-bond acceptors (Lipinski definition) is 2. The maximum Gasteiger partial charge on any atom is 0.193 e.